The highest BCUT2D eigenvalue weighted by molar-refractivity contribution is 5.29. The van der Waals surface area contributed by atoms with Gasteiger partial charge in [-0.3, -0.25) is 0 Å². The van der Waals surface area contributed by atoms with Crippen LogP contribution in [0.5, 0.6) is 5.75 Å². The Kier molecular flexibility index (Phi) is 5.41. The molecule has 0 aliphatic heterocycles. The SMILES string of the molecule is CCNCc1ccc(OC2CCC(C)C(C)C2)c(F)c1. The van der Waals surface area contributed by atoms with Gasteiger partial charge in [-0.25, -0.2) is 4.39 Å². The summed E-state index contributed by atoms with van der Waals surface area (Å²) in [7, 11) is 0. The van der Waals surface area contributed by atoms with Crippen LogP contribution in [0.3, 0.4) is 0 Å². The van der Waals surface area contributed by atoms with E-state index in [4.69, 9.17) is 4.74 Å². The fourth-order valence-electron chi connectivity index (χ4n) is 2.80. The summed E-state index contributed by atoms with van der Waals surface area (Å²) in [5, 5.41) is 3.20. The van der Waals surface area contributed by atoms with Crippen molar-refractivity contribution in [2.45, 2.75) is 52.7 Å². The number of nitrogens with one attached hydrogen (secondary N) is 1. The van der Waals surface area contributed by atoms with Crippen LogP contribution < -0.4 is 10.1 Å². The number of halogens is 1. The summed E-state index contributed by atoms with van der Waals surface area (Å²) in [4.78, 5) is 0. The average molecular weight is 279 g/mol. The van der Waals surface area contributed by atoms with Crippen molar-refractivity contribution in [2.75, 3.05) is 6.54 Å². The van der Waals surface area contributed by atoms with Crippen molar-refractivity contribution in [3.8, 4) is 5.75 Å². The van der Waals surface area contributed by atoms with Gasteiger partial charge in [0.15, 0.2) is 11.6 Å². The predicted molar refractivity (Wildman–Crippen MR) is 80.4 cm³/mol. The van der Waals surface area contributed by atoms with Gasteiger partial charge in [-0.05, 0) is 55.3 Å². The van der Waals surface area contributed by atoms with Crippen LogP contribution in [0.25, 0.3) is 0 Å². The molecular weight excluding hydrogens is 253 g/mol. The maximum atomic E-state index is 14.1. The standard InChI is InChI=1S/C17H26FNO/c1-4-19-11-14-6-8-17(16(18)10-14)20-15-7-5-12(2)13(3)9-15/h6,8,10,12-13,15,19H,4-5,7,9,11H2,1-3H3. The van der Waals surface area contributed by atoms with Crippen LogP contribution in [0.4, 0.5) is 4.39 Å². The van der Waals surface area contributed by atoms with Gasteiger partial charge < -0.3 is 10.1 Å². The Morgan fingerprint density at radius 1 is 1.25 bits per heavy atom. The Balaban J connectivity index is 1.96. The third-order valence-corrected chi connectivity index (χ3v) is 4.42. The first-order valence-electron chi connectivity index (χ1n) is 7.76. The van der Waals surface area contributed by atoms with E-state index >= 15 is 0 Å². The summed E-state index contributed by atoms with van der Waals surface area (Å²) in [6, 6.07) is 5.29. The molecule has 0 radical (unpaired) electrons. The Morgan fingerprint density at radius 3 is 2.70 bits per heavy atom. The zero-order chi connectivity index (χ0) is 14.5. The molecule has 0 heterocycles. The number of hydrogen-bond acceptors (Lipinski definition) is 2. The van der Waals surface area contributed by atoms with Crippen LogP contribution in [0.15, 0.2) is 18.2 Å². The van der Waals surface area contributed by atoms with Gasteiger partial charge in [0.05, 0.1) is 6.10 Å². The molecular formula is C17H26FNO. The van der Waals surface area contributed by atoms with Crippen LogP contribution in [-0.4, -0.2) is 12.6 Å². The van der Waals surface area contributed by atoms with Crippen LogP contribution in [0, 0.1) is 17.7 Å². The van der Waals surface area contributed by atoms with E-state index in [1.54, 1.807) is 12.1 Å². The number of ether oxygens (including phenoxy) is 1. The lowest BCUT2D eigenvalue weighted by atomic mass is 9.80. The minimum atomic E-state index is -0.244. The largest absolute Gasteiger partial charge is 0.487 e. The van der Waals surface area contributed by atoms with E-state index in [9.17, 15) is 4.39 Å². The zero-order valence-corrected chi connectivity index (χ0v) is 12.8. The summed E-state index contributed by atoms with van der Waals surface area (Å²) in [5.74, 6) is 1.57. The molecule has 2 nitrogen and oxygen atoms in total. The smallest absolute Gasteiger partial charge is 0.165 e. The molecule has 0 amide bonds. The molecule has 112 valence electrons. The molecule has 3 heteroatoms. The Hall–Kier alpha value is -1.09. The molecule has 0 saturated heterocycles. The molecule has 1 N–H and O–H groups in total. The summed E-state index contributed by atoms with van der Waals surface area (Å²) in [6.07, 6.45) is 3.39. The highest BCUT2D eigenvalue weighted by Crippen LogP contribution is 2.32. The van der Waals surface area contributed by atoms with E-state index in [1.165, 1.54) is 6.42 Å². The quantitative estimate of drug-likeness (QED) is 0.874. The van der Waals surface area contributed by atoms with Crippen LogP contribution in [0.2, 0.25) is 0 Å². The van der Waals surface area contributed by atoms with Crippen LogP contribution in [0.1, 0.15) is 45.6 Å². The molecule has 0 bridgehead atoms. The van der Waals surface area contributed by atoms with Gasteiger partial charge in [-0.1, -0.05) is 26.8 Å². The van der Waals surface area contributed by atoms with Gasteiger partial charge >= 0.3 is 0 Å². The van der Waals surface area contributed by atoms with Gasteiger partial charge in [0.25, 0.3) is 0 Å². The fraction of sp³-hybridized carbons (Fsp3) is 0.647. The zero-order valence-electron chi connectivity index (χ0n) is 12.8. The fourth-order valence-corrected chi connectivity index (χ4v) is 2.80. The first-order valence-corrected chi connectivity index (χ1v) is 7.76. The highest BCUT2D eigenvalue weighted by atomic mass is 19.1. The van der Waals surface area contributed by atoms with Gasteiger partial charge in [0, 0.05) is 6.54 Å². The highest BCUT2D eigenvalue weighted by Gasteiger charge is 2.26. The second kappa shape index (κ2) is 7.07. The number of benzene rings is 1. The summed E-state index contributed by atoms with van der Waals surface area (Å²) >= 11 is 0. The van der Waals surface area contributed by atoms with Crippen LogP contribution >= 0.6 is 0 Å². The Labute approximate surface area is 121 Å². The van der Waals surface area contributed by atoms with E-state index in [-0.39, 0.29) is 11.9 Å². The van der Waals surface area contributed by atoms with E-state index in [2.05, 4.69) is 19.2 Å². The minimum absolute atomic E-state index is 0.162. The third kappa shape index (κ3) is 3.95. The molecule has 1 saturated carbocycles. The topological polar surface area (TPSA) is 21.3 Å². The molecule has 3 atom stereocenters. The third-order valence-electron chi connectivity index (χ3n) is 4.42. The van der Waals surface area contributed by atoms with Crippen molar-refractivity contribution in [1.82, 2.24) is 5.32 Å². The summed E-state index contributed by atoms with van der Waals surface area (Å²) in [5.41, 5.74) is 0.960. The van der Waals surface area contributed by atoms with Gasteiger partial charge in [-0.2, -0.15) is 0 Å². The molecule has 1 aromatic rings. The van der Waals surface area contributed by atoms with E-state index in [1.807, 2.05) is 13.0 Å². The monoisotopic (exact) mass is 279 g/mol. The summed E-state index contributed by atoms with van der Waals surface area (Å²) < 4.78 is 19.9. The average Bonchev–Trinajstić information content (AvgIpc) is 2.43. The Morgan fingerprint density at radius 2 is 2.05 bits per heavy atom. The van der Waals surface area contributed by atoms with Gasteiger partial charge in [0.2, 0.25) is 0 Å². The Bertz CT molecular complexity index is 435. The minimum Gasteiger partial charge on any atom is -0.487 e. The molecule has 0 spiro atoms. The first kappa shape index (κ1) is 15.3. The maximum Gasteiger partial charge on any atom is 0.165 e. The predicted octanol–water partition coefficient (Wildman–Crippen LogP) is 4.14. The maximum absolute atomic E-state index is 14.1. The second-order valence-corrected chi connectivity index (χ2v) is 6.05. The van der Waals surface area contributed by atoms with Crippen molar-refractivity contribution in [3.05, 3.63) is 29.6 Å². The van der Waals surface area contributed by atoms with E-state index < -0.39 is 0 Å². The molecule has 1 fully saturated rings. The molecule has 1 aromatic carbocycles. The molecule has 1 aliphatic rings. The first-order chi connectivity index (χ1) is 9.60. The van der Waals surface area contributed by atoms with Crippen molar-refractivity contribution in [3.63, 3.8) is 0 Å². The van der Waals surface area contributed by atoms with Crippen molar-refractivity contribution >= 4 is 0 Å². The molecule has 20 heavy (non-hydrogen) atoms. The van der Waals surface area contributed by atoms with Crippen molar-refractivity contribution in [2.24, 2.45) is 11.8 Å². The van der Waals surface area contributed by atoms with Gasteiger partial charge in [0.1, 0.15) is 0 Å². The molecule has 2 rings (SSSR count). The molecule has 3 unspecified atom stereocenters. The van der Waals surface area contributed by atoms with Crippen molar-refractivity contribution in [1.29, 1.82) is 0 Å². The van der Waals surface area contributed by atoms with E-state index in [0.29, 0.717) is 18.2 Å². The van der Waals surface area contributed by atoms with Crippen LogP contribution in [-0.2, 0) is 6.54 Å². The lowest BCUT2D eigenvalue weighted by Gasteiger charge is -2.32. The molecule has 0 aromatic heterocycles. The lowest BCUT2D eigenvalue weighted by Crippen LogP contribution is -2.29. The second-order valence-electron chi connectivity index (χ2n) is 6.05. The van der Waals surface area contributed by atoms with E-state index in [0.717, 1.165) is 30.9 Å². The molecule has 1 aliphatic carbocycles. The number of hydrogen-bond donors (Lipinski definition) is 1. The normalized spacial score (nSPS) is 26.5. The number of rotatable bonds is 5. The lowest BCUT2D eigenvalue weighted by molar-refractivity contribution is 0.0968. The van der Waals surface area contributed by atoms with Gasteiger partial charge in [-0.15, -0.1) is 0 Å². The summed E-state index contributed by atoms with van der Waals surface area (Å²) in [6.45, 7) is 8.18. The van der Waals surface area contributed by atoms with Crippen molar-refractivity contribution < 1.29 is 9.13 Å².